The predicted octanol–water partition coefficient (Wildman–Crippen LogP) is 2.22. The van der Waals surface area contributed by atoms with Crippen molar-refractivity contribution >= 4 is 37.4 Å². The molecule has 2 aromatic heterocycles. The van der Waals surface area contributed by atoms with Gasteiger partial charge < -0.3 is 4.98 Å². The lowest BCUT2D eigenvalue weighted by molar-refractivity contribution is 1.27. The van der Waals surface area contributed by atoms with Crippen molar-refractivity contribution in [1.82, 2.24) is 4.98 Å². The van der Waals surface area contributed by atoms with Crippen LogP contribution >= 0.6 is 27.3 Å². The minimum absolute atomic E-state index is 0.165. The van der Waals surface area contributed by atoms with Gasteiger partial charge in [0.2, 0.25) is 0 Å². The second-order valence-corrected chi connectivity index (χ2v) is 4.17. The van der Waals surface area contributed by atoms with E-state index in [2.05, 4.69) is 20.9 Å². The summed E-state index contributed by atoms with van der Waals surface area (Å²) in [6.45, 7) is 0. The average Bonchev–Trinajstić information content (AvgIpc) is 2.50. The lowest BCUT2D eigenvalue weighted by atomic mass is 10.2. The number of halogens is 1. The number of nitrogens with one attached hydrogen (secondary N) is 1. The van der Waals surface area contributed by atoms with E-state index in [0.29, 0.717) is 10.9 Å². The molecule has 0 spiro atoms. The predicted molar refractivity (Wildman–Crippen MR) is 54.9 cm³/mol. The highest BCUT2D eigenvalue weighted by Crippen LogP contribution is 2.29. The molecule has 2 rings (SSSR count). The molecule has 5 heteroatoms. The van der Waals surface area contributed by atoms with Crippen LogP contribution in [0.5, 0.6) is 0 Å². The van der Waals surface area contributed by atoms with E-state index >= 15 is 0 Å². The first-order valence-electron chi connectivity index (χ1n) is 3.42. The van der Waals surface area contributed by atoms with Crippen molar-refractivity contribution in [1.29, 1.82) is 5.26 Å². The third-order valence-corrected chi connectivity index (χ3v) is 3.63. The van der Waals surface area contributed by atoms with E-state index in [4.69, 9.17) is 5.26 Å². The first-order valence-corrected chi connectivity index (χ1v) is 5.10. The summed E-state index contributed by atoms with van der Waals surface area (Å²) in [6, 6.07) is 2.03. The zero-order valence-electron chi connectivity index (χ0n) is 6.30. The minimum atomic E-state index is -0.165. The number of aromatic amines is 1. The smallest absolute Gasteiger partial charge is 0.257 e. The SMILES string of the molecule is N#Cc1c[nH]c(=O)c2c(Br)csc12. The zero-order valence-corrected chi connectivity index (χ0v) is 8.70. The molecule has 13 heavy (non-hydrogen) atoms. The summed E-state index contributed by atoms with van der Waals surface area (Å²) in [5, 5.41) is 11.1. The standard InChI is InChI=1S/C8H3BrN2OS/c9-5-3-13-7-4(1-10)2-11-8(12)6(5)7/h2-3H,(H,11,12). The maximum atomic E-state index is 11.3. The molecule has 0 unspecified atom stereocenters. The lowest BCUT2D eigenvalue weighted by Gasteiger charge is -1.91. The van der Waals surface area contributed by atoms with Gasteiger partial charge in [0, 0.05) is 16.0 Å². The molecule has 0 fully saturated rings. The number of pyridine rings is 1. The highest BCUT2D eigenvalue weighted by Gasteiger charge is 2.09. The molecule has 0 aromatic carbocycles. The molecule has 0 aliphatic heterocycles. The van der Waals surface area contributed by atoms with Crippen molar-refractivity contribution in [2.24, 2.45) is 0 Å². The molecular formula is C8H3BrN2OS. The number of aromatic nitrogens is 1. The molecule has 0 atom stereocenters. The van der Waals surface area contributed by atoms with Crippen LogP contribution in [-0.2, 0) is 0 Å². The largest absolute Gasteiger partial charge is 0.327 e. The monoisotopic (exact) mass is 254 g/mol. The lowest BCUT2D eigenvalue weighted by Crippen LogP contribution is -2.04. The Morgan fingerprint density at radius 3 is 3.08 bits per heavy atom. The fourth-order valence-electron chi connectivity index (χ4n) is 1.11. The van der Waals surface area contributed by atoms with Gasteiger partial charge in [0.25, 0.3) is 5.56 Å². The molecule has 2 aromatic rings. The number of rotatable bonds is 0. The third kappa shape index (κ3) is 1.19. The minimum Gasteiger partial charge on any atom is -0.327 e. The molecule has 0 amide bonds. The first-order chi connectivity index (χ1) is 6.24. The van der Waals surface area contributed by atoms with Crippen molar-refractivity contribution in [3.63, 3.8) is 0 Å². The van der Waals surface area contributed by atoms with Crippen molar-refractivity contribution in [2.45, 2.75) is 0 Å². The van der Waals surface area contributed by atoms with Crippen LogP contribution in [0.15, 0.2) is 20.8 Å². The van der Waals surface area contributed by atoms with Gasteiger partial charge in [-0.2, -0.15) is 5.26 Å². The maximum absolute atomic E-state index is 11.3. The van der Waals surface area contributed by atoms with E-state index in [1.54, 1.807) is 5.38 Å². The van der Waals surface area contributed by atoms with Crippen LogP contribution in [0.4, 0.5) is 0 Å². The Kier molecular flexibility index (Phi) is 1.94. The molecule has 64 valence electrons. The van der Waals surface area contributed by atoms with E-state index in [9.17, 15) is 4.79 Å². The molecule has 0 saturated carbocycles. The number of thiophene rings is 1. The van der Waals surface area contributed by atoms with Crippen molar-refractivity contribution in [2.75, 3.05) is 0 Å². The van der Waals surface area contributed by atoms with Crippen LogP contribution in [0.1, 0.15) is 5.56 Å². The van der Waals surface area contributed by atoms with Crippen LogP contribution in [0.25, 0.3) is 10.1 Å². The van der Waals surface area contributed by atoms with Crippen molar-refractivity contribution < 1.29 is 0 Å². The summed E-state index contributed by atoms with van der Waals surface area (Å²) in [7, 11) is 0. The van der Waals surface area contributed by atoms with Gasteiger partial charge in [-0.3, -0.25) is 4.79 Å². The van der Waals surface area contributed by atoms with Gasteiger partial charge >= 0.3 is 0 Å². The van der Waals surface area contributed by atoms with Gasteiger partial charge in [0.1, 0.15) is 6.07 Å². The Balaban J connectivity index is 3.06. The van der Waals surface area contributed by atoms with Gasteiger partial charge in [-0.15, -0.1) is 11.3 Å². The Labute approximate surface area is 85.8 Å². The van der Waals surface area contributed by atoms with Gasteiger partial charge in [0.05, 0.1) is 15.6 Å². The highest BCUT2D eigenvalue weighted by molar-refractivity contribution is 9.10. The normalized spacial score (nSPS) is 10.2. The number of hydrogen-bond acceptors (Lipinski definition) is 3. The van der Waals surface area contributed by atoms with Gasteiger partial charge in [0.15, 0.2) is 0 Å². The number of fused-ring (bicyclic) bond motifs is 1. The summed E-state index contributed by atoms with van der Waals surface area (Å²) in [4.78, 5) is 13.9. The Hall–Kier alpha value is -1.12. The molecular weight excluding hydrogens is 252 g/mol. The van der Waals surface area contributed by atoms with E-state index in [-0.39, 0.29) is 5.56 Å². The highest BCUT2D eigenvalue weighted by atomic mass is 79.9. The number of nitrogens with zero attached hydrogens (tertiary/aromatic N) is 1. The number of H-pyrrole nitrogens is 1. The second kappa shape index (κ2) is 2.98. The van der Waals surface area contributed by atoms with Gasteiger partial charge in [-0.25, -0.2) is 0 Å². The summed E-state index contributed by atoms with van der Waals surface area (Å²) in [6.07, 6.45) is 1.44. The van der Waals surface area contributed by atoms with Crippen LogP contribution < -0.4 is 5.56 Å². The molecule has 1 N–H and O–H groups in total. The summed E-state index contributed by atoms with van der Waals surface area (Å²) in [5.74, 6) is 0. The molecule has 2 heterocycles. The third-order valence-electron chi connectivity index (χ3n) is 1.69. The Bertz CT molecular complexity index is 564. The fourth-order valence-corrected chi connectivity index (χ4v) is 2.79. The summed E-state index contributed by atoms with van der Waals surface area (Å²) >= 11 is 4.65. The fraction of sp³-hybridized carbons (Fsp3) is 0. The maximum Gasteiger partial charge on any atom is 0.257 e. The van der Waals surface area contributed by atoms with Crippen LogP contribution in [-0.4, -0.2) is 4.98 Å². The number of nitriles is 1. The molecule has 0 radical (unpaired) electrons. The number of hydrogen-bond donors (Lipinski definition) is 1. The molecule has 0 aliphatic carbocycles. The summed E-state index contributed by atoms with van der Waals surface area (Å²) < 4.78 is 1.48. The van der Waals surface area contributed by atoms with Crippen molar-refractivity contribution in [3.8, 4) is 6.07 Å². The quantitative estimate of drug-likeness (QED) is 0.784. The first kappa shape index (κ1) is 8.48. The van der Waals surface area contributed by atoms with E-state index in [0.717, 1.165) is 9.17 Å². The molecule has 0 aliphatic rings. The van der Waals surface area contributed by atoms with E-state index < -0.39 is 0 Å². The van der Waals surface area contributed by atoms with Gasteiger partial charge in [-0.05, 0) is 15.9 Å². The van der Waals surface area contributed by atoms with E-state index in [1.807, 2.05) is 6.07 Å². The second-order valence-electron chi connectivity index (χ2n) is 2.43. The molecule has 3 nitrogen and oxygen atoms in total. The Morgan fingerprint density at radius 2 is 2.38 bits per heavy atom. The van der Waals surface area contributed by atoms with Crippen LogP contribution in [0.3, 0.4) is 0 Å². The molecule has 0 bridgehead atoms. The van der Waals surface area contributed by atoms with Crippen molar-refractivity contribution in [3.05, 3.63) is 32.0 Å². The molecule has 0 saturated heterocycles. The average molecular weight is 255 g/mol. The topological polar surface area (TPSA) is 56.6 Å². The van der Waals surface area contributed by atoms with Crippen LogP contribution in [0.2, 0.25) is 0 Å². The zero-order chi connectivity index (χ0) is 9.42. The Morgan fingerprint density at radius 1 is 1.62 bits per heavy atom. The van der Waals surface area contributed by atoms with Gasteiger partial charge in [-0.1, -0.05) is 0 Å². The van der Waals surface area contributed by atoms with E-state index in [1.165, 1.54) is 17.5 Å². The van der Waals surface area contributed by atoms with Crippen LogP contribution in [0, 0.1) is 11.3 Å². The summed E-state index contributed by atoms with van der Waals surface area (Å²) in [5.41, 5.74) is 0.340.